The first-order chi connectivity index (χ1) is 13.8. The first-order valence-corrected chi connectivity index (χ1v) is 10.7. The van der Waals surface area contributed by atoms with Crippen LogP contribution in [0.15, 0.2) is 54.6 Å². The summed E-state index contributed by atoms with van der Waals surface area (Å²) in [5.41, 5.74) is 3.08. The molecule has 0 unspecified atom stereocenters. The third-order valence-electron chi connectivity index (χ3n) is 6.15. The van der Waals surface area contributed by atoms with Crippen molar-refractivity contribution in [2.24, 2.45) is 0 Å². The van der Waals surface area contributed by atoms with E-state index in [2.05, 4.69) is 33.3 Å². The molecule has 0 atom stereocenters. The SMILES string of the molecule is O=C(CN1CCN(C2CCCCC2)CC1)Nc1ccccc1-c1ccccc1.[Cl-]. The van der Waals surface area contributed by atoms with Crippen LogP contribution in [0.5, 0.6) is 0 Å². The molecule has 29 heavy (non-hydrogen) atoms. The number of benzene rings is 2. The van der Waals surface area contributed by atoms with Gasteiger partial charge in [0.1, 0.15) is 0 Å². The van der Waals surface area contributed by atoms with Gasteiger partial charge in [0.15, 0.2) is 0 Å². The van der Waals surface area contributed by atoms with Crippen LogP contribution >= 0.6 is 0 Å². The Kier molecular flexibility index (Phi) is 8.10. The van der Waals surface area contributed by atoms with Gasteiger partial charge in [-0.3, -0.25) is 14.6 Å². The first kappa shape index (κ1) is 21.8. The predicted octanol–water partition coefficient (Wildman–Crippen LogP) is 1.25. The number of halogens is 1. The van der Waals surface area contributed by atoms with Gasteiger partial charge in [-0.1, -0.05) is 67.8 Å². The van der Waals surface area contributed by atoms with Crippen molar-refractivity contribution in [2.75, 3.05) is 38.0 Å². The van der Waals surface area contributed by atoms with Crippen molar-refractivity contribution in [3.05, 3.63) is 54.6 Å². The Labute approximate surface area is 180 Å². The monoisotopic (exact) mass is 412 g/mol. The number of anilines is 1. The molecule has 2 aromatic carbocycles. The number of carbonyl (C=O) groups is 1. The van der Waals surface area contributed by atoms with Gasteiger partial charge < -0.3 is 17.7 Å². The van der Waals surface area contributed by atoms with Gasteiger partial charge in [0.05, 0.1) is 6.54 Å². The van der Waals surface area contributed by atoms with Crippen LogP contribution in [0.25, 0.3) is 11.1 Å². The summed E-state index contributed by atoms with van der Waals surface area (Å²) in [6.45, 7) is 4.65. The Morgan fingerprint density at radius 1 is 0.862 bits per heavy atom. The molecule has 1 N–H and O–H groups in total. The lowest BCUT2D eigenvalue weighted by Gasteiger charge is -2.40. The Morgan fingerprint density at radius 2 is 1.52 bits per heavy atom. The van der Waals surface area contributed by atoms with Crippen molar-refractivity contribution in [3.8, 4) is 11.1 Å². The number of nitrogens with zero attached hydrogens (tertiary/aromatic N) is 2. The zero-order valence-electron chi connectivity index (χ0n) is 17.0. The van der Waals surface area contributed by atoms with Crippen molar-refractivity contribution < 1.29 is 17.2 Å². The Hall–Kier alpha value is -1.88. The molecule has 2 aliphatic rings. The fourth-order valence-electron chi connectivity index (χ4n) is 4.59. The maximum atomic E-state index is 12.7. The van der Waals surface area contributed by atoms with Crippen LogP contribution < -0.4 is 17.7 Å². The van der Waals surface area contributed by atoms with Gasteiger partial charge in [-0.25, -0.2) is 0 Å². The standard InChI is InChI=1S/C24H31N3O.ClH/c28-24(19-26-15-17-27(18-16-26)21-11-5-2-6-12-21)25-23-14-8-7-13-22(23)20-9-3-1-4-10-20;/h1,3-4,7-10,13-14,21H,2,5-6,11-12,15-19H2,(H,25,28);1H/p-1. The van der Waals surface area contributed by atoms with Crippen molar-refractivity contribution in [1.29, 1.82) is 0 Å². The maximum absolute atomic E-state index is 12.7. The molecule has 4 nitrogen and oxygen atoms in total. The van der Waals surface area contributed by atoms with Crippen LogP contribution in [0.2, 0.25) is 0 Å². The van der Waals surface area contributed by atoms with Gasteiger partial charge in [0, 0.05) is 43.5 Å². The lowest BCUT2D eigenvalue weighted by molar-refractivity contribution is -0.117. The van der Waals surface area contributed by atoms with E-state index >= 15 is 0 Å². The smallest absolute Gasteiger partial charge is 0.238 e. The van der Waals surface area contributed by atoms with E-state index in [1.807, 2.05) is 36.4 Å². The molecule has 0 aromatic heterocycles. The number of para-hydroxylation sites is 1. The Bertz CT molecular complexity index is 769. The number of nitrogens with one attached hydrogen (secondary N) is 1. The van der Waals surface area contributed by atoms with E-state index in [0.29, 0.717) is 6.54 Å². The summed E-state index contributed by atoms with van der Waals surface area (Å²) in [5, 5.41) is 3.14. The highest BCUT2D eigenvalue weighted by Crippen LogP contribution is 2.27. The van der Waals surface area contributed by atoms with E-state index in [4.69, 9.17) is 0 Å². The van der Waals surface area contributed by atoms with Gasteiger partial charge in [0.25, 0.3) is 0 Å². The number of hydrogen-bond acceptors (Lipinski definition) is 3. The van der Waals surface area contributed by atoms with Crippen molar-refractivity contribution >= 4 is 11.6 Å². The highest BCUT2D eigenvalue weighted by atomic mass is 35.5. The molecule has 2 aromatic rings. The molecular weight excluding hydrogens is 382 g/mol. The molecule has 1 saturated heterocycles. The molecule has 0 radical (unpaired) electrons. The molecule has 5 heteroatoms. The van der Waals surface area contributed by atoms with Crippen LogP contribution in [0.3, 0.4) is 0 Å². The van der Waals surface area contributed by atoms with E-state index in [0.717, 1.165) is 49.0 Å². The van der Waals surface area contributed by atoms with E-state index in [1.165, 1.54) is 32.1 Å². The normalized spacial score (nSPS) is 18.8. The second-order valence-corrected chi connectivity index (χ2v) is 8.06. The molecule has 4 rings (SSSR count). The van der Waals surface area contributed by atoms with Crippen molar-refractivity contribution in [3.63, 3.8) is 0 Å². The van der Waals surface area contributed by atoms with Crippen LogP contribution in [0.4, 0.5) is 5.69 Å². The summed E-state index contributed by atoms with van der Waals surface area (Å²) < 4.78 is 0. The van der Waals surface area contributed by atoms with Crippen LogP contribution in [-0.4, -0.2) is 54.5 Å². The van der Waals surface area contributed by atoms with Crippen molar-refractivity contribution in [1.82, 2.24) is 9.80 Å². The molecular formula is C24H31ClN3O-. The summed E-state index contributed by atoms with van der Waals surface area (Å²) >= 11 is 0. The van der Waals surface area contributed by atoms with Gasteiger partial charge in [-0.05, 0) is 24.5 Å². The molecule has 0 spiro atoms. The number of amides is 1. The second kappa shape index (κ2) is 10.8. The molecule has 1 saturated carbocycles. The molecule has 1 amide bonds. The van der Waals surface area contributed by atoms with Gasteiger partial charge in [-0.15, -0.1) is 0 Å². The molecule has 156 valence electrons. The zero-order chi connectivity index (χ0) is 19.2. The highest BCUT2D eigenvalue weighted by molar-refractivity contribution is 5.96. The lowest BCUT2D eigenvalue weighted by Crippen LogP contribution is -3.00. The zero-order valence-corrected chi connectivity index (χ0v) is 17.8. The summed E-state index contributed by atoms with van der Waals surface area (Å²) in [6, 6.07) is 19.0. The minimum absolute atomic E-state index is 0. The van der Waals surface area contributed by atoms with Gasteiger partial charge in [0.2, 0.25) is 5.91 Å². The summed E-state index contributed by atoms with van der Waals surface area (Å²) in [6.07, 6.45) is 6.89. The third-order valence-corrected chi connectivity index (χ3v) is 6.15. The quantitative estimate of drug-likeness (QED) is 0.802. The van der Waals surface area contributed by atoms with E-state index in [1.54, 1.807) is 0 Å². The van der Waals surface area contributed by atoms with Crippen LogP contribution in [-0.2, 0) is 4.79 Å². The van der Waals surface area contributed by atoms with E-state index in [-0.39, 0.29) is 18.3 Å². The Morgan fingerprint density at radius 3 is 2.24 bits per heavy atom. The summed E-state index contributed by atoms with van der Waals surface area (Å²) in [4.78, 5) is 17.6. The average molecular weight is 413 g/mol. The topological polar surface area (TPSA) is 35.6 Å². The number of carbonyl (C=O) groups excluding carboxylic acids is 1. The van der Waals surface area contributed by atoms with Gasteiger partial charge >= 0.3 is 0 Å². The maximum Gasteiger partial charge on any atom is 0.238 e. The minimum Gasteiger partial charge on any atom is -1.00 e. The third kappa shape index (κ3) is 5.81. The number of piperazine rings is 1. The molecule has 2 fully saturated rings. The molecule has 1 aliphatic heterocycles. The number of hydrogen-bond donors (Lipinski definition) is 1. The predicted molar refractivity (Wildman–Crippen MR) is 115 cm³/mol. The van der Waals surface area contributed by atoms with Crippen LogP contribution in [0, 0.1) is 0 Å². The largest absolute Gasteiger partial charge is 1.00 e. The second-order valence-electron chi connectivity index (χ2n) is 8.06. The van der Waals surface area contributed by atoms with Crippen LogP contribution in [0.1, 0.15) is 32.1 Å². The fraction of sp³-hybridized carbons (Fsp3) is 0.458. The summed E-state index contributed by atoms with van der Waals surface area (Å²) in [7, 11) is 0. The first-order valence-electron chi connectivity index (χ1n) is 10.7. The summed E-state index contributed by atoms with van der Waals surface area (Å²) in [5.74, 6) is 0.0782. The molecule has 1 aliphatic carbocycles. The van der Waals surface area contributed by atoms with E-state index < -0.39 is 0 Å². The van der Waals surface area contributed by atoms with Crippen molar-refractivity contribution in [2.45, 2.75) is 38.1 Å². The van der Waals surface area contributed by atoms with Gasteiger partial charge in [-0.2, -0.15) is 0 Å². The fourth-order valence-corrected chi connectivity index (χ4v) is 4.59. The minimum atomic E-state index is 0. The molecule has 0 bridgehead atoms. The average Bonchev–Trinajstić information content (AvgIpc) is 2.76. The Balaban J connectivity index is 0.00000240. The number of rotatable bonds is 5. The van der Waals surface area contributed by atoms with E-state index in [9.17, 15) is 4.79 Å². The molecule has 1 heterocycles. The highest BCUT2D eigenvalue weighted by Gasteiger charge is 2.25. The lowest BCUT2D eigenvalue weighted by atomic mass is 9.94.